The third-order valence-corrected chi connectivity index (χ3v) is 5.19. The maximum absolute atomic E-state index is 12.5. The standard InChI is InChI=1S/C19H22N4O5/c1-13-17(19(25)26)12-20-22(13)15-7-9-21(10-8-15)18(24)6-5-14-3-2-4-16(11-14)23(27)28/h2-4,11-12,15H,5-10H2,1H3,(H,25,26). The van der Waals surface area contributed by atoms with Crippen molar-refractivity contribution in [2.75, 3.05) is 13.1 Å². The average molecular weight is 386 g/mol. The van der Waals surface area contributed by atoms with Crippen LogP contribution in [0.5, 0.6) is 0 Å². The van der Waals surface area contributed by atoms with Gasteiger partial charge < -0.3 is 10.0 Å². The Bertz CT molecular complexity index is 899. The summed E-state index contributed by atoms with van der Waals surface area (Å²) in [5.74, 6) is -0.967. The number of non-ortho nitro benzene ring substituents is 1. The Balaban J connectivity index is 1.53. The minimum Gasteiger partial charge on any atom is -0.478 e. The van der Waals surface area contributed by atoms with Gasteiger partial charge in [-0.1, -0.05) is 12.1 Å². The van der Waals surface area contributed by atoms with Crippen molar-refractivity contribution in [1.29, 1.82) is 0 Å². The number of likely N-dealkylation sites (tertiary alicyclic amines) is 1. The number of aryl methyl sites for hydroxylation is 1. The molecule has 1 aliphatic rings. The third kappa shape index (κ3) is 4.19. The molecule has 1 aromatic heterocycles. The smallest absolute Gasteiger partial charge is 0.339 e. The van der Waals surface area contributed by atoms with Crippen molar-refractivity contribution in [3.05, 3.63) is 57.4 Å². The molecule has 0 aliphatic carbocycles. The predicted octanol–water partition coefficient (Wildman–Crippen LogP) is 2.59. The summed E-state index contributed by atoms with van der Waals surface area (Å²) in [6, 6.07) is 6.42. The number of rotatable bonds is 6. The molecule has 1 aliphatic heterocycles. The minimum absolute atomic E-state index is 0.0216. The number of nitrogens with zero attached hydrogens (tertiary/aromatic N) is 4. The lowest BCUT2D eigenvalue weighted by atomic mass is 10.0. The highest BCUT2D eigenvalue weighted by Gasteiger charge is 2.26. The summed E-state index contributed by atoms with van der Waals surface area (Å²) in [4.78, 5) is 35.8. The summed E-state index contributed by atoms with van der Waals surface area (Å²) in [5.41, 5.74) is 1.63. The van der Waals surface area contributed by atoms with Gasteiger partial charge in [0.15, 0.2) is 0 Å². The fraction of sp³-hybridized carbons (Fsp3) is 0.421. The fourth-order valence-corrected chi connectivity index (χ4v) is 3.60. The van der Waals surface area contributed by atoms with Gasteiger partial charge in [0.25, 0.3) is 5.69 Å². The van der Waals surface area contributed by atoms with Gasteiger partial charge in [-0.15, -0.1) is 0 Å². The molecule has 0 bridgehead atoms. The van der Waals surface area contributed by atoms with Crippen LogP contribution in [0.1, 0.15) is 46.9 Å². The van der Waals surface area contributed by atoms with Crippen molar-refractivity contribution in [2.45, 2.75) is 38.6 Å². The van der Waals surface area contributed by atoms with E-state index in [2.05, 4.69) is 5.10 Å². The van der Waals surface area contributed by atoms with E-state index in [9.17, 15) is 19.7 Å². The number of aromatic nitrogens is 2. The molecule has 1 fully saturated rings. The van der Waals surface area contributed by atoms with E-state index in [-0.39, 0.29) is 23.2 Å². The molecule has 0 unspecified atom stereocenters. The van der Waals surface area contributed by atoms with E-state index < -0.39 is 10.9 Å². The lowest BCUT2D eigenvalue weighted by molar-refractivity contribution is -0.384. The van der Waals surface area contributed by atoms with Gasteiger partial charge in [0.1, 0.15) is 5.56 Å². The number of nitro benzene ring substituents is 1. The summed E-state index contributed by atoms with van der Waals surface area (Å²) < 4.78 is 1.74. The van der Waals surface area contributed by atoms with Crippen molar-refractivity contribution in [3.63, 3.8) is 0 Å². The van der Waals surface area contributed by atoms with E-state index >= 15 is 0 Å². The van der Waals surface area contributed by atoms with Gasteiger partial charge in [-0.25, -0.2) is 4.79 Å². The second kappa shape index (κ2) is 8.20. The summed E-state index contributed by atoms with van der Waals surface area (Å²) >= 11 is 0. The number of hydrogen-bond donors (Lipinski definition) is 1. The highest BCUT2D eigenvalue weighted by molar-refractivity contribution is 5.88. The number of carboxylic acids is 1. The third-order valence-electron chi connectivity index (χ3n) is 5.19. The second-order valence-corrected chi connectivity index (χ2v) is 6.93. The van der Waals surface area contributed by atoms with Crippen molar-refractivity contribution in [2.24, 2.45) is 0 Å². The minimum atomic E-state index is -0.988. The lowest BCUT2D eigenvalue weighted by Gasteiger charge is -2.32. The highest BCUT2D eigenvalue weighted by Crippen LogP contribution is 2.25. The van der Waals surface area contributed by atoms with Crippen LogP contribution in [0.25, 0.3) is 0 Å². The van der Waals surface area contributed by atoms with E-state index in [0.29, 0.717) is 44.5 Å². The second-order valence-electron chi connectivity index (χ2n) is 6.93. The number of hydrogen-bond acceptors (Lipinski definition) is 5. The number of piperidine rings is 1. The van der Waals surface area contributed by atoms with Crippen molar-refractivity contribution in [3.8, 4) is 0 Å². The van der Waals surface area contributed by atoms with Gasteiger partial charge in [0.05, 0.1) is 22.9 Å². The van der Waals surface area contributed by atoms with E-state index in [0.717, 1.165) is 5.56 Å². The van der Waals surface area contributed by atoms with Gasteiger partial charge in [0.2, 0.25) is 5.91 Å². The number of aromatic carboxylic acids is 1. The Hall–Kier alpha value is -3.23. The van der Waals surface area contributed by atoms with Crippen LogP contribution in [0, 0.1) is 17.0 Å². The fourth-order valence-electron chi connectivity index (χ4n) is 3.60. The number of carboxylic acid groups (broad SMARTS) is 1. The molecule has 9 nitrogen and oxygen atoms in total. The number of carbonyl (C=O) groups is 2. The Morgan fingerprint density at radius 2 is 2.04 bits per heavy atom. The summed E-state index contributed by atoms with van der Waals surface area (Å²) in [7, 11) is 0. The van der Waals surface area contributed by atoms with Gasteiger partial charge in [0, 0.05) is 31.6 Å². The molecular weight excluding hydrogens is 364 g/mol. The molecular formula is C19H22N4O5. The number of amides is 1. The van der Waals surface area contributed by atoms with Gasteiger partial charge in [-0.3, -0.25) is 19.6 Å². The Labute approximate surface area is 161 Å². The quantitative estimate of drug-likeness (QED) is 0.602. The van der Waals surface area contributed by atoms with Crippen LogP contribution in [0.15, 0.2) is 30.5 Å². The maximum Gasteiger partial charge on any atom is 0.339 e. The zero-order valence-electron chi connectivity index (χ0n) is 15.6. The molecule has 1 amide bonds. The van der Waals surface area contributed by atoms with Crippen LogP contribution < -0.4 is 0 Å². The molecule has 1 N–H and O–H groups in total. The van der Waals surface area contributed by atoms with Gasteiger partial charge >= 0.3 is 5.97 Å². The first kappa shape index (κ1) is 19.5. The molecule has 28 heavy (non-hydrogen) atoms. The van der Waals surface area contributed by atoms with Crippen LogP contribution >= 0.6 is 0 Å². The Morgan fingerprint density at radius 3 is 2.64 bits per heavy atom. The molecule has 3 rings (SSSR count). The molecule has 2 heterocycles. The van der Waals surface area contributed by atoms with Crippen molar-refractivity contribution in [1.82, 2.24) is 14.7 Å². The van der Waals surface area contributed by atoms with Crippen LogP contribution in [0.4, 0.5) is 5.69 Å². The number of carbonyl (C=O) groups excluding carboxylic acids is 1. The normalized spacial score (nSPS) is 14.8. The molecule has 1 aromatic carbocycles. The van der Waals surface area contributed by atoms with E-state index in [1.54, 1.807) is 28.6 Å². The Morgan fingerprint density at radius 1 is 1.32 bits per heavy atom. The first-order chi connectivity index (χ1) is 13.4. The first-order valence-corrected chi connectivity index (χ1v) is 9.15. The molecule has 0 saturated carbocycles. The zero-order chi connectivity index (χ0) is 20.3. The van der Waals surface area contributed by atoms with Crippen molar-refractivity contribution >= 4 is 17.6 Å². The average Bonchev–Trinajstić information content (AvgIpc) is 3.08. The topological polar surface area (TPSA) is 119 Å². The highest BCUT2D eigenvalue weighted by atomic mass is 16.6. The van der Waals surface area contributed by atoms with E-state index in [1.165, 1.54) is 18.3 Å². The number of nitro groups is 1. The van der Waals surface area contributed by atoms with Gasteiger partial charge in [-0.2, -0.15) is 5.10 Å². The molecule has 9 heteroatoms. The van der Waals surface area contributed by atoms with Gasteiger partial charge in [-0.05, 0) is 31.7 Å². The van der Waals surface area contributed by atoms with E-state index in [1.807, 2.05) is 0 Å². The summed E-state index contributed by atoms with van der Waals surface area (Å²) in [5, 5.41) is 24.2. The number of benzene rings is 1. The largest absolute Gasteiger partial charge is 0.478 e. The zero-order valence-corrected chi connectivity index (χ0v) is 15.6. The molecule has 0 radical (unpaired) electrons. The SMILES string of the molecule is Cc1c(C(=O)O)cnn1C1CCN(C(=O)CCc2cccc([N+](=O)[O-])c2)CC1. The van der Waals surface area contributed by atoms with Crippen molar-refractivity contribution < 1.29 is 19.6 Å². The van der Waals surface area contributed by atoms with E-state index in [4.69, 9.17) is 5.11 Å². The molecule has 2 aromatic rings. The molecule has 148 valence electrons. The monoisotopic (exact) mass is 386 g/mol. The molecule has 0 spiro atoms. The predicted molar refractivity (Wildman–Crippen MR) is 100 cm³/mol. The van der Waals surface area contributed by atoms with Crippen LogP contribution in [0.3, 0.4) is 0 Å². The van der Waals surface area contributed by atoms with Crippen LogP contribution in [0.2, 0.25) is 0 Å². The molecule has 1 saturated heterocycles. The summed E-state index contributed by atoms with van der Waals surface area (Å²) in [6.07, 6.45) is 3.55. The van der Waals surface area contributed by atoms with Crippen LogP contribution in [-0.4, -0.2) is 49.7 Å². The Kier molecular flexibility index (Phi) is 5.72. The first-order valence-electron chi connectivity index (χ1n) is 9.15. The van der Waals surface area contributed by atoms with Crippen LogP contribution in [-0.2, 0) is 11.2 Å². The lowest BCUT2D eigenvalue weighted by Crippen LogP contribution is -2.39. The maximum atomic E-state index is 12.5. The summed E-state index contributed by atoms with van der Waals surface area (Å²) in [6.45, 7) is 2.91. The molecule has 0 atom stereocenters.